The third-order valence-electron chi connectivity index (χ3n) is 5.64. The van der Waals surface area contributed by atoms with Gasteiger partial charge in [-0.15, -0.1) is 0 Å². The molecule has 0 aliphatic carbocycles. The molecular weight excluding hydrogens is 354 g/mol. The van der Waals surface area contributed by atoms with E-state index in [2.05, 4.69) is 59.9 Å². The van der Waals surface area contributed by atoms with Crippen molar-refractivity contribution < 1.29 is 9.53 Å². The normalized spacial score (nSPS) is 20.8. The van der Waals surface area contributed by atoms with Gasteiger partial charge in [-0.05, 0) is 25.0 Å². The molecule has 0 radical (unpaired) electrons. The number of nitrogens with zero attached hydrogens (tertiary/aromatic N) is 4. The zero-order valence-corrected chi connectivity index (χ0v) is 17.1. The molecule has 1 N–H and O–H groups in total. The number of nitrogens with one attached hydrogen (secondary N) is 1. The molecule has 2 aromatic heterocycles. The first-order valence-electron chi connectivity index (χ1n) is 10.3. The number of aromatic nitrogens is 2. The lowest BCUT2D eigenvalue weighted by Gasteiger charge is -2.36. The predicted octanol–water partition coefficient (Wildman–Crippen LogP) is 2.64. The number of carbonyl (C=O) groups excluding carboxylic acids is 1. The summed E-state index contributed by atoms with van der Waals surface area (Å²) in [5.74, 6) is 0. The summed E-state index contributed by atoms with van der Waals surface area (Å²) in [6.07, 6.45) is 6.59. The smallest absolute Gasteiger partial charge is 0.317 e. The first kappa shape index (κ1) is 19.1. The SMILES string of the molecule is CC(C)(C)c1cn2cc(N3CCN(C(=O)NCC4CCCO4)CC3)ccc2n1. The molecule has 1 atom stereocenters. The van der Waals surface area contributed by atoms with Crippen LogP contribution in [-0.4, -0.2) is 65.8 Å². The van der Waals surface area contributed by atoms with E-state index in [0.29, 0.717) is 6.54 Å². The number of anilines is 1. The average Bonchev–Trinajstić information content (AvgIpc) is 3.34. The van der Waals surface area contributed by atoms with E-state index in [9.17, 15) is 4.79 Å². The minimum Gasteiger partial charge on any atom is -0.376 e. The van der Waals surface area contributed by atoms with Gasteiger partial charge in [0.05, 0.1) is 17.5 Å². The molecule has 4 heterocycles. The van der Waals surface area contributed by atoms with E-state index in [1.165, 1.54) is 5.69 Å². The molecule has 2 fully saturated rings. The van der Waals surface area contributed by atoms with E-state index in [1.54, 1.807) is 0 Å². The van der Waals surface area contributed by atoms with Gasteiger partial charge in [0, 0.05) is 57.1 Å². The molecule has 0 saturated carbocycles. The number of hydrogen-bond acceptors (Lipinski definition) is 4. The molecule has 7 heteroatoms. The molecule has 2 aliphatic heterocycles. The van der Waals surface area contributed by atoms with Crippen LogP contribution in [0.1, 0.15) is 39.3 Å². The summed E-state index contributed by atoms with van der Waals surface area (Å²) < 4.78 is 7.68. The number of pyridine rings is 1. The number of fused-ring (bicyclic) bond motifs is 1. The van der Waals surface area contributed by atoms with Gasteiger partial charge in [0.2, 0.25) is 0 Å². The predicted molar refractivity (Wildman–Crippen MR) is 110 cm³/mol. The van der Waals surface area contributed by atoms with Crippen molar-refractivity contribution >= 4 is 17.4 Å². The van der Waals surface area contributed by atoms with E-state index >= 15 is 0 Å². The van der Waals surface area contributed by atoms with E-state index in [1.807, 2.05) is 4.90 Å². The van der Waals surface area contributed by atoms with Crippen molar-refractivity contribution in [3.05, 3.63) is 30.2 Å². The van der Waals surface area contributed by atoms with Crippen LogP contribution < -0.4 is 10.2 Å². The van der Waals surface area contributed by atoms with Crippen molar-refractivity contribution in [1.82, 2.24) is 19.6 Å². The van der Waals surface area contributed by atoms with E-state index in [0.717, 1.165) is 57.0 Å². The Labute approximate surface area is 166 Å². The number of rotatable bonds is 3. The fourth-order valence-electron chi connectivity index (χ4n) is 3.81. The van der Waals surface area contributed by atoms with Gasteiger partial charge < -0.3 is 24.3 Å². The maximum absolute atomic E-state index is 12.4. The summed E-state index contributed by atoms with van der Waals surface area (Å²) in [5.41, 5.74) is 3.28. The van der Waals surface area contributed by atoms with Gasteiger partial charge in [0.15, 0.2) is 0 Å². The topological polar surface area (TPSA) is 62.1 Å². The number of urea groups is 1. The molecule has 152 valence electrons. The van der Waals surface area contributed by atoms with Gasteiger partial charge in [-0.25, -0.2) is 9.78 Å². The number of hydrogen-bond donors (Lipinski definition) is 1. The van der Waals surface area contributed by atoms with Crippen molar-refractivity contribution in [2.45, 2.75) is 45.1 Å². The summed E-state index contributed by atoms with van der Waals surface area (Å²) in [5, 5.41) is 3.02. The Bertz CT molecular complexity index is 827. The van der Waals surface area contributed by atoms with Crippen molar-refractivity contribution in [3.63, 3.8) is 0 Å². The molecule has 1 unspecified atom stereocenters. The highest BCUT2D eigenvalue weighted by Gasteiger charge is 2.24. The Hall–Kier alpha value is -2.28. The lowest BCUT2D eigenvalue weighted by molar-refractivity contribution is 0.108. The minimum absolute atomic E-state index is 0.0232. The van der Waals surface area contributed by atoms with Crippen LogP contribution in [0.25, 0.3) is 5.65 Å². The van der Waals surface area contributed by atoms with E-state index < -0.39 is 0 Å². The van der Waals surface area contributed by atoms with E-state index in [4.69, 9.17) is 9.72 Å². The zero-order chi connectivity index (χ0) is 19.7. The molecule has 2 aliphatic rings. The zero-order valence-electron chi connectivity index (χ0n) is 17.1. The second-order valence-electron chi connectivity index (χ2n) is 8.82. The first-order chi connectivity index (χ1) is 13.4. The Morgan fingerprint density at radius 2 is 2.00 bits per heavy atom. The van der Waals surface area contributed by atoms with Crippen LogP contribution in [0, 0.1) is 0 Å². The minimum atomic E-state index is 0.0232. The van der Waals surface area contributed by atoms with Crippen molar-refractivity contribution in [3.8, 4) is 0 Å². The Balaban J connectivity index is 1.34. The molecule has 4 rings (SSSR count). The Morgan fingerprint density at radius 3 is 2.68 bits per heavy atom. The van der Waals surface area contributed by atoms with E-state index in [-0.39, 0.29) is 17.6 Å². The molecule has 0 aromatic carbocycles. The third kappa shape index (κ3) is 4.09. The summed E-state index contributed by atoms with van der Waals surface area (Å²) in [6.45, 7) is 11.1. The summed E-state index contributed by atoms with van der Waals surface area (Å²) in [7, 11) is 0. The van der Waals surface area contributed by atoms with Crippen molar-refractivity contribution in [1.29, 1.82) is 0 Å². The molecule has 7 nitrogen and oxygen atoms in total. The Morgan fingerprint density at radius 1 is 1.21 bits per heavy atom. The van der Waals surface area contributed by atoms with Gasteiger partial charge in [0.1, 0.15) is 5.65 Å². The Kier molecular flexibility index (Phi) is 5.19. The monoisotopic (exact) mass is 385 g/mol. The standard InChI is InChI=1S/C21H31N5O2/c1-21(2,3)18-15-26-14-16(6-7-19(26)23-18)24-8-10-25(11-9-24)20(27)22-13-17-5-4-12-28-17/h6-7,14-15,17H,4-5,8-13H2,1-3H3,(H,22,27). The fraction of sp³-hybridized carbons (Fsp3) is 0.619. The summed E-state index contributed by atoms with van der Waals surface area (Å²) in [6, 6.07) is 4.22. The van der Waals surface area contributed by atoms with Crippen molar-refractivity contribution in [2.24, 2.45) is 0 Å². The number of amides is 2. The van der Waals surface area contributed by atoms with Gasteiger partial charge in [-0.2, -0.15) is 0 Å². The highest BCUT2D eigenvalue weighted by molar-refractivity contribution is 5.74. The van der Waals surface area contributed by atoms with Crippen molar-refractivity contribution in [2.75, 3.05) is 44.2 Å². The van der Waals surface area contributed by atoms with Gasteiger partial charge in [0.25, 0.3) is 0 Å². The molecule has 0 spiro atoms. The number of carbonyl (C=O) groups is 1. The lowest BCUT2D eigenvalue weighted by atomic mass is 9.93. The quantitative estimate of drug-likeness (QED) is 0.882. The number of ether oxygens (including phenoxy) is 1. The average molecular weight is 386 g/mol. The molecule has 0 bridgehead atoms. The molecule has 2 aromatic rings. The molecule has 2 saturated heterocycles. The number of imidazole rings is 1. The van der Waals surface area contributed by atoms with Gasteiger partial charge in [-0.3, -0.25) is 0 Å². The van der Waals surface area contributed by atoms with Crippen LogP contribution in [0.5, 0.6) is 0 Å². The molecule has 2 amide bonds. The third-order valence-corrected chi connectivity index (χ3v) is 5.64. The van der Waals surface area contributed by atoms with Crippen LogP contribution in [0.3, 0.4) is 0 Å². The van der Waals surface area contributed by atoms with Crippen LogP contribution in [-0.2, 0) is 10.2 Å². The maximum atomic E-state index is 12.4. The fourth-order valence-corrected chi connectivity index (χ4v) is 3.81. The first-order valence-corrected chi connectivity index (χ1v) is 10.3. The second kappa shape index (κ2) is 7.62. The van der Waals surface area contributed by atoms with Crippen LogP contribution in [0.4, 0.5) is 10.5 Å². The highest BCUT2D eigenvalue weighted by Crippen LogP contribution is 2.24. The maximum Gasteiger partial charge on any atom is 0.317 e. The van der Waals surface area contributed by atoms with Crippen LogP contribution in [0.2, 0.25) is 0 Å². The lowest BCUT2D eigenvalue weighted by Crippen LogP contribution is -2.52. The van der Waals surface area contributed by atoms with Gasteiger partial charge >= 0.3 is 6.03 Å². The van der Waals surface area contributed by atoms with Gasteiger partial charge in [-0.1, -0.05) is 20.8 Å². The second-order valence-corrected chi connectivity index (χ2v) is 8.82. The molecular formula is C21H31N5O2. The number of piperazine rings is 1. The van der Waals surface area contributed by atoms with Crippen LogP contribution >= 0.6 is 0 Å². The summed E-state index contributed by atoms with van der Waals surface area (Å²) in [4.78, 5) is 21.4. The largest absolute Gasteiger partial charge is 0.376 e. The van der Waals surface area contributed by atoms with Crippen LogP contribution in [0.15, 0.2) is 24.5 Å². The summed E-state index contributed by atoms with van der Waals surface area (Å²) >= 11 is 0. The molecule has 28 heavy (non-hydrogen) atoms. The highest BCUT2D eigenvalue weighted by atomic mass is 16.5.